The average molecular weight is 431 g/mol. The Balaban J connectivity index is 1.37. The lowest BCUT2D eigenvalue weighted by molar-refractivity contribution is -0.138. The first-order valence-electron chi connectivity index (χ1n) is 10.7. The molecule has 5 aromatic rings. The molecule has 0 fully saturated rings. The van der Waals surface area contributed by atoms with Gasteiger partial charge in [-0.05, 0) is 24.3 Å². The van der Waals surface area contributed by atoms with Crippen molar-refractivity contribution in [1.82, 2.24) is 14.8 Å². The van der Waals surface area contributed by atoms with Crippen LogP contribution in [-0.2, 0) is 16.1 Å². The number of aromatic nitrogens is 3. The fourth-order valence-corrected chi connectivity index (χ4v) is 3.68. The van der Waals surface area contributed by atoms with Crippen molar-refractivity contribution >= 4 is 22.9 Å². The van der Waals surface area contributed by atoms with Crippen LogP contribution in [0.4, 0.5) is 0 Å². The fourth-order valence-electron chi connectivity index (χ4n) is 3.68. The number of benzene rings is 3. The van der Waals surface area contributed by atoms with E-state index in [1.54, 1.807) is 12.3 Å². The smallest absolute Gasteiger partial charge is 0.331 e. The molecule has 0 aliphatic rings. The molecule has 2 aromatic heterocycles. The van der Waals surface area contributed by atoms with Crippen LogP contribution < -0.4 is 0 Å². The number of hydrogen-bond donors (Lipinski definition) is 0. The summed E-state index contributed by atoms with van der Waals surface area (Å²) in [7, 11) is 0. The van der Waals surface area contributed by atoms with Gasteiger partial charge in [-0.1, -0.05) is 72.8 Å². The van der Waals surface area contributed by atoms with E-state index in [1.165, 1.54) is 6.08 Å². The topological polar surface area (TPSA) is 57.0 Å². The van der Waals surface area contributed by atoms with Gasteiger partial charge in [-0.3, -0.25) is 4.98 Å². The maximum absolute atomic E-state index is 12.5. The minimum atomic E-state index is -0.422. The van der Waals surface area contributed by atoms with Gasteiger partial charge in [0.05, 0.1) is 16.9 Å². The van der Waals surface area contributed by atoms with Crippen LogP contribution in [0.2, 0.25) is 0 Å². The fraction of sp³-hybridized carbons (Fsp3) is 0.0357. The van der Waals surface area contributed by atoms with E-state index >= 15 is 0 Å². The lowest BCUT2D eigenvalue weighted by Gasteiger charge is -2.04. The molecule has 160 valence electrons. The Labute approximate surface area is 191 Å². The first-order valence-corrected chi connectivity index (χ1v) is 10.7. The van der Waals surface area contributed by atoms with Crippen molar-refractivity contribution in [3.63, 3.8) is 0 Å². The van der Waals surface area contributed by atoms with E-state index < -0.39 is 5.97 Å². The lowest BCUT2D eigenvalue weighted by Crippen LogP contribution is -2.01. The summed E-state index contributed by atoms with van der Waals surface area (Å²) < 4.78 is 7.38. The Morgan fingerprint density at radius 2 is 1.64 bits per heavy atom. The second-order valence-electron chi connectivity index (χ2n) is 7.51. The molecule has 5 nitrogen and oxygen atoms in total. The Hall–Kier alpha value is -4.51. The first-order chi connectivity index (χ1) is 16.3. The molecule has 0 amide bonds. The highest BCUT2D eigenvalue weighted by atomic mass is 16.5. The van der Waals surface area contributed by atoms with E-state index in [9.17, 15) is 4.79 Å². The van der Waals surface area contributed by atoms with Gasteiger partial charge < -0.3 is 4.74 Å². The Kier molecular flexibility index (Phi) is 5.76. The molecule has 0 aliphatic carbocycles. The van der Waals surface area contributed by atoms with Gasteiger partial charge in [-0.25, -0.2) is 9.48 Å². The zero-order chi connectivity index (χ0) is 22.5. The number of pyridine rings is 1. The maximum atomic E-state index is 12.5. The van der Waals surface area contributed by atoms with Crippen molar-refractivity contribution < 1.29 is 9.53 Å². The van der Waals surface area contributed by atoms with Gasteiger partial charge in [-0.15, -0.1) is 0 Å². The van der Waals surface area contributed by atoms with Crippen LogP contribution in [0.1, 0.15) is 11.1 Å². The van der Waals surface area contributed by atoms with E-state index in [0.717, 1.165) is 39.0 Å². The normalized spacial score (nSPS) is 11.2. The summed E-state index contributed by atoms with van der Waals surface area (Å²) in [4.78, 5) is 16.9. The highest BCUT2D eigenvalue weighted by Gasteiger charge is 2.13. The molecule has 0 N–H and O–H groups in total. The van der Waals surface area contributed by atoms with Crippen LogP contribution in [-0.4, -0.2) is 20.7 Å². The highest BCUT2D eigenvalue weighted by Crippen LogP contribution is 2.24. The van der Waals surface area contributed by atoms with Gasteiger partial charge >= 0.3 is 5.97 Å². The molecule has 3 aromatic carbocycles. The molecule has 5 heteroatoms. The number of fused-ring (bicyclic) bond motifs is 1. The third-order valence-electron chi connectivity index (χ3n) is 5.29. The maximum Gasteiger partial charge on any atom is 0.331 e. The molecule has 0 saturated carbocycles. The molecule has 0 radical (unpaired) electrons. The largest absolute Gasteiger partial charge is 0.458 e. The molecule has 5 rings (SSSR count). The van der Waals surface area contributed by atoms with Gasteiger partial charge in [0.2, 0.25) is 0 Å². The molecule has 0 spiro atoms. The third kappa shape index (κ3) is 4.57. The number of ether oxygens (including phenoxy) is 1. The van der Waals surface area contributed by atoms with Crippen molar-refractivity contribution in [3.8, 4) is 16.9 Å². The minimum Gasteiger partial charge on any atom is -0.458 e. The molecule has 33 heavy (non-hydrogen) atoms. The molecule has 2 heterocycles. The zero-order valence-corrected chi connectivity index (χ0v) is 17.8. The number of nitrogens with zero attached hydrogens (tertiary/aromatic N) is 3. The van der Waals surface area contributed by atoms with E-state index in [-0.39, 0.29) is 6.61 Å². The van der Waals surface area contributed by atoms with Crippen molar-refractivity contribution in [2.75, 3.05) is 0 Å². The lowest BCUT2D eigenvalue weighted by atomic mass is 10.1. The molecule has 0 aliphatic heterocycles. The molecule has 0 atom stereocenters. The van der Waals surface area contributed by atoms with Crippen LogP contribution in [0.15, 0.2) is 109 Å². The molecule has 0 bridgehead atoms. The molecule has 0 saturated heterocycles. The summed E-state index contributed by atoms with van der Waals surface area (Å²) in [6.07, 6.45) is 6.83. The first kappa shape index (κ1) is 20.4. The van der Waals surface area contributed by atoms with Crippen molar-refractivity contribution in [1.29, 1.82) is 0 Å². The third-order valence-corrected chi connectivity index (χ3v) is 5.29. The molecular formula is C28H21N3O2. The summed E-state index contributed by atoms with van der Waals surface area (Å²) in [6.45, 7) is 0.119. The number of hydrogen-bond acceptors (Lipinski definition) is 4. The van der Waals surface area contributed by atoms with Crippen LogP contribution >= 0.6 is 0 Å². The Bertz CT molecular complexity index is 1420. The van der Waals surface area contributed by atoms with Crippen molar-refractivity contribution in [3.05, 3.63) is 121 Å². The molecular weight excluding hydrogens is 410 g/mol. The monoisotopic (exact) mass is 431 g/mol. The highest BCUT2D eigenvalue weighted by molar-refractivity contribution is 5.92. The quantitative estimate of drug-likeness (QED) is 0.250. The predicted octanol–water partition coefficient (Wildman–Crippen LogP) is 5.84. The van der Waals surface area contributed by atoms with Gasteiger partial charge in [0.15, 0.2) is 0 Å². The second kappa shape index (κ2) is 9.32. The Morgan fingerprint density at radius 3 is 2.45 bits per heavy atom. The SMILES string of the molecule is O=C(/C=C/c1cccc2cccnc12)OCc1cn(-c2ccccc2)nc1-c1ccccc1. The molecule has 0 unspecified atom stereocenters. The van der Waals surface area contributed by atoms with E-state index in [2.05, 4.69) is 4.98 Å². The average Bonchev–Trinajstić information content (AvgIpc) is 3.31. The van der Waals surface area contributed by atoms with Gasteiger partial charge in [0, 0.05) is 40.5 Å². The number of esters is 1. The number of para-hydroxylation sites is 2. The van der Waals surface area contributed by atoms with Gasteiger partial charge in [0.1, 0.15) is 6.61 Å². The van der Waals surface area contributed by atoms with Crippen molar-refractivity contribution in [2.45, 2.75) is 6.61 Å². The van der Waals surface area contributed by atoms with Gasteiger partial charge in [0.25, 0.3) is 0 Å². The Morgan fingerprint density at radius 1 is 0.879 bits per heavy atom. The van der Waals surface area contributed by atoms with Crippen LogP contribution in [0, 0.1) is 0 Å². The standard InChI is InChI=1S/C28H21N3O2/c32-26(17-16-23-12-7-11-21-13-8-18-29-27(21)23)33-20-24-19-31(25-14-5-2-6-15-25)30-28(24)22-9-3-1-4-10-22/h1-19H,20H2/b17-16+. The summed E-state index contributed by atoms with van der Waals surface area (Å²) in [5.74, 6) is -0.422. The number of carbonyl (C=O) groups excluding carboxylic acids is 1. The van der Waals surface area contributed by atoms with E-state index in [1.807, 2.05) is 102 Å². The van der Waals surface area contributed by atoms with Crippen LogP contribution in [0.25, 0.3) is 33.9 Å². The summed E-state index contributed by atoms with van der Waals surface area (Å²) in [6, 6.07) is 29.5. The zero-order valence-electron chi connectivity index (χ0n) is 17.8. The second-order valence-corrected chi connectivity index (χ2v) is 7.51. The minimum absolute atomic E-state index is 0.119. The number of rotatable bonds is 6. The summed E-state index contributed by atoms with van der Waals surface area (Å²) >= 11 is 0. The van der Waals surface area contributed by atoms with Crippen LogP contribution in [0.3, 0.4) is 0 Å². The van der Waals surface area contributed by atoms with Gasteiger partial charge in [-0.2, -0.15) is 5.10 Å². The van der Waals surface area contributed by atoms with Crippen LogP contribution in [0.5, 0.6) is 0 Å². The van der Waals surface area contributed by atoms with E-state index in [0.29, 0.717) is 0 Å². The summed E-state index contributed by atoms with van der Waals surface area (Å²) in [5, 5.41) is 5.78. The number of carbonyl (C=O) groups is 1. The van der Waals surface area contributed by atoms with E-state index in [4.69, 9.17) is 9.84 Å². The van der Waals surface area contributed by atoms with Crippen molar-refractivity contribution in [2.24, 2.45) is 0 Å². The summed E-state index contributed by atoms with van der Waals surface area (Å²) in [5.41, 5.74) is 5.24. The predicted molar refractivity (Wildman–Crippen MR) is 130 cm³/mol.